The Hall–Kier alpha value is -2.55. The molecule has 0 heterocycles. The summed E-state index contributed by atoms with van der Waals surface area (Å²) in [6, 6.07) is 6.60. The van der Waals surface area contributed by atoms with Gasteiger partial charge in [0.15, 0.2) is 6.10 Å². The summed E-state index contributed by atoms with van der Waals surface area (Å²) in [5.41, 5.74) is 0.233. The number of amides is 3. The van der Waals surface area contributed by atoms with Crippen molar-refractivity contribution in [2.75, 3.05) is 27.0 Å². The highest BCUT2D eigenvalue weighted by Crippen LogP contribution is 2.24. The van der Waals surface area contributed by atoms with Gasteiger partial charge >= 0.3 is 12.1 Å². The lowest BCUT2D eigenvalue weighted by molar-refractivity contribution is -0.128. The van der Waals surface area contributed by atoms with Crippen LogP contribution in [0.25, 0.3) is 0 Å². The molecule has 0 saturated heterocycles. The van der Waals surface area contributed by atoms with E-state index in [1.54, 1.807) is 32.3 Å². The average molecular weight is 368 g/mol. The second-order valence-electron chi connectivity index (χ2n) is 5.10. The van der Waals surface area contributed by atoms with Crippen LogP contribution in [0.5, 0.6) is 0 Å². The maximum atomic E-state index is 12.3. The lowest BCUT2D eigenvalue weighted by Crippen LogP contribution is -2.39. The van der Waals surface area contributed by atoms with Crippen LogP contribution in [0.2, 0.25) is 0 Å². The molecule has 1 aromatic carbocycles. The molecule has 3 amide bonds. The van der Waals surface area contributed by atoms with Crippen LogP contribution >= 0.6 is 11.8 Å². The van der Waals surface area contributed by atoms with E-state index < -0.39 is 24.1 Å². The zero-order valence-corrected chi connectivity index (χ0v) is 15.2. The summed E-state index contributed by atoms with van der Waals surface area (Å²) in [5.74, 6) is -1.46. The van der Waals surface area contributed by atoms with E-state index in [1.807, 2.05) is 5.32 Å². The van der Waals surface area contributed by atoms with Gasteiger partial charge in [-0.1, -0.05) is 12.1 Å². The van der Waals surface area contributed by atoms with E-state index in [0.717, 1.165) is 7.11 Å². The van der Waals surface area contributed by atoms with Gasteiger partial charge in [0.2, 0.25) is 5.91 Å². The van der Waals surface area contributed by atoms with Gasteiger partial charge in [-0.05, 0) is 19.1 Å². The molecule has 0 aliphatic rings. The van der Waals surface area contributed by atoms with Gasteiger partial charge in [0, 0.05) is 19.0 Å². The molecule has 136 valence electrons. The number of thioether (sulfide) groups is 1. The maximum Gasteiger partial charge on any atom is 0.413 e. The van der Waals surface area contributed by atoms with Crippen molar-refractivity contribution < 1.29 is 28.7 Å². The fourth-order valence-corrected chi connectivity index (χ4v) is 2.58. The molecule has 8 nitrogen and oxygen atoms in total. The molecule has 0 unspecified atom stereocenters. The summed E-state index contributed by atoms with van der Waals surface area (Å²) >= 11 is 1.19. The second kappa shape index (κ2) is 9.67. The normalized spacial score (nSPS) is 11.2. The van der Waals surface area contributed by atoms with Crippen LogP contribution in [0, 0.1) is 0 Å². The van der Waals surface area contributed by atoms with Crippen LogP contribution in [0.15, 0.2) is 29.2 Å². The van der Waals surface area contributed by atoms with Gasteiger partial charge in [0.05, 0.1) is 18.4 Å². The molecule has 0 fully saturated rings. The highest BCUT2D eigenvalue weighted by Gasteiger charge is 2.22. The topological polar surface area (TPSA) is 102 Å². The maximum absolute atomic E-state index is 12.3. The molecule has 25 heavy (non-hydrogen) atoms. The molecule has 9 heteroatoms. The zero-order valence-electron chi connectivity index (χ0n) is 14.4. The van der Waals surface area contributed by atoms with E-state index in [0.29, 0.717) is 4.90 Å². The van der Waals surface area contributed by atoms with Gasteiger partial charge in [-0.25, -0.2) is 9.59 Å². The Morgan fingerprint density at radius 3 is 2.44 bits per heavy atom. The summed E-state index contributed by atoms with van der Waals surface area (Å²) < 4.78 is 9.37. The third-order valence-electron chi connectivity index (χ3n) is 3.02. The van der Waals surface area contributed by atoms with Crippen LogP contribution in [0.4, 0.5) is 4.79 Å². The fourth-order valence-electron chi connectivity index (χ4n) is 1.56. The van der Waals surface area contributed by atoms with Crippen molar-refractivity contribution in [2.45, 2.75) is 17.9 Å². The molecular weight excluding hydrogens is 348 g/mol. The largest absolute Gasteiger partial charge is 0.453 e. The van der Waals surface area contributed by atoms with Gasteiger partial charge in [0.1, 0.15) is 0 Å². The van der Waals surface area contributed by atoms with E-state index >= 15 is 0 Å². The molecular formula is C16H20N2O6S. The van der Waals surface area contributed by atoms with Crippen molar-refractivity contribution in [3.63, 3.8) is 0 Å². The minimum absolute atomic E-state index is 0.0982. The minimum Gasteiger partial charge on any atom is -0.453 e. The summed E-state index contributed by atoms with van der Waals surface area (Å²) in [7, 11) is 4.40. The van der Waals surface area contributed by atoms with Crippen molar-refractivity contribution in [3.05, 3.63) is 29.8 Å². The third kappa shape index (κ3) is 6.46. The molecule has 1 aromatic rings. The summed E-state index contributed by atoms with van der Waals surface area (Å²) in [6.45, 7) is 1.33. The second-order valence-corrected chi connectivity index (χ2v) is 6.12. The van der Waals surface area contributed by atoms with E-state index in [4.69, 9.17) is 4.74 Å². The van der Waals surface area contributed by atoms with Crippen molar-refractivity contribution in [1.82, 2.24) is 10.2 Å². The predicted octanol–water partition coefficient (Wildman–Crippen LogP) is 1.29. The number of imide groups is 1. The van der Waals surface area contributed by atoms with Crippen LogP contribution < -0.4 is 5.32 Å². The number of esters is 1. The Balaban J connectivity index is 2.76. The van der Waals surface area contributed by atoms with Crippen LogP contribution in [0.1, 0.15) is 17.3 Å². The van der Waals surface area contributed by atoms with E-state index in [9.17, 15) is 19.2 Å². The number of alkyl carbamates (subject to hydrolysis) is 1. The zero-order chi connectivity index (χ0) is 19.0. The average Bonchev–Trinajstić information content (AvgIpc) is 2.59. The summed E-state index contributed by atoms with van der Waals surface area (Å²) in [6.07, 6.45) is -2.13. The molecule has 0 radical (unpaired) electrons. The number of hydrogen-bond donors (Lipinski definition) is 1. The number of ether oxygens (including phenoxy) is 2. The van der Waals surface area contributed by atoms with Crippen molar-refractivity contribution in [1.29, 1.82) is 0 Å². The van der Waals surface area contributed by atoms with Gasteiger partial charge < -0.3 is 14.4 Å². The molecule has 1 atom stereocenters. The molecule has 0 aliphatic carbocycles. The number of nitrogens with one attached hydrogen (secondary N) is 1. The Morgan fingerprint density at radius 2 is 1.84 bits per heavy atom. The molecule has 0 bridgehead atoms. The van der Waals surface area contributed by atoms with Crippen LogP contribution in [-0.4, -0.2) is 61.8 Å². The van der Waals surface area contributed by atoms with E-state index in [1.165, 1.54) is 29.7 Å². The number of hydrogen-bond acceptors (Lipinski definition) is 7. The Bertz CT molecular complexity index is 662. The third-order valence-corrected chi connectivity index (χ3v) is 4.08. The van der Waals surface area contributed by atoms with Gasteiger partial charge in [-0.3, -0.25) is 14.9 Å². The standard InChI is InChI=1S/C16H20N2O6S/c1-10(14(20)17-16(22)23-4)24-15(21)11-7-5-6-8-12(11)25-9-13(19)18(2)3/h5-8,10H,9H2,1-4H3,(H,17,20,22)/t10-/m0/s1. The Labute approximate surface area is 149 Å². The first kappa shape index (κ1) is 20.5. The lowest BCUT2D eigenvalue weighted by Gasteiger charge is -2.14. The first-order valence-corrected chi connectivity index (χ1v) is 8.26. The minimum atomic E-state index is -1.19. The number of carbonyl (C=O) groups excluding carboxylic acids is 4. The molecule has 0 aliphatic heterocycles. The van der Waals surface area contributed by atoms with Crippen LogP contribution in [-0.2, 0) is 19.1 Å². The Morgan fingerprint density at radius 1 is 1.20 bits per heavy atom. The smallest absolute Gasteiger partial charge is 0.413 e. The number of methoxy groups -OCH3 is 1. The number of benzene rings is 1. The van der Waals surface area contributed by atoms with Crippen LogP contribution in [0.3, 0.4) is 0 Å². The molecule has 1 N–H and O–H groups in total. The number of rotatable bonds is 6. The van der Waals surface area contributed by atoms with Crippen molar-refractivity contribution in [3.8, 4) is 0 Å². The lowest BCUT2D eigenvalue weighted by atomic mass is 10.2. The number of nitrogens with zero attached hydrogens (tertiary/aromatic N) is 1. The SMILES string of the molecule is COC(=O)NC(=O)[C@H](C)OC(=O)c1ccccc1SCC(=O)N(C)C. The quantitative estimate of drug-likeness (QED) is 0.596. The molecule has 1 rings (SSSR count). The first-order valence-electron chi connectivity index (χ1n) is 7.28. The molecule has 0 saturated carbocycles. The number of carbonyl (C=O) groups is 4. The molecule has 0 aromatic heterocycles. The van der Waals surface area contributed by atoms with Gasteiger partial charge in [-0.2, -0.15) is 0 Å². The van der Waals surface area contributed by atoms with Gasteiger partial charge in [0.25, 0.3) is 5.91 Å². The summed E-state index contributed by atoms with van der Waals surface area (Å²) in [5, 5.41) is 1.92. The fraction of sp³-hybridized carbons (Fsp3) is 0.375. The van der Waals surface area contributed by atoms with Gasteiger partial charge in [-0.15, -0.1) is 11.8 Å². The van der Waals surface area contributed by atoms with E-state index in [2.05, 4.69) is 4.74 Å². The summed E-state index contributed by atoms with van der Waals surface area (Å²) in [4.78, 5) is 48.7. The monoisotopic (exact) mass is 368 g/mol. The van der Waals surface area contributed by atoms with Crippen molar-refractivity contribution in [2.24, 2.45) is 0 Å². The highest BCUT2D eigenvalue weighted by atomic mass is 32.2. The highest BCUT2D eigenvalue weighted by molar-refractivity contribution is 8.00. The van der Waals surface area contributed by atoms with Crippen molar-refractivity contribution >= 4 is 35.6 Å². The molecule has 0 spiro atoms. The first-order chi connectivity index (χ1) is 11.8. The predicted molar refractivity (Wildman–Crippen MR) is 91.3 cm³/mol. The Kier molecular flexibility index (Phi) is 7.93. The van der Waals surface area contributed by atoms with E-state index in [-0.39, 0.29) is 17.2 Å².